The summed E-state index contributed by atoms with van der Waals surface area (Å²) in [5.41, 5.74) is 1.26. The summed E-state index contributed by atoms with van der Waals surface area (Å²) in [6, 6.07) is 4.60. The van der Waals surface area contributed by atoms with Crippen molar-refractivity contribution >= 4 is 11.6 Å². The lowest BCUT2D eigenvalue weighted by molar-refractivity contribution is -0.116. The van der Waals surface area contributed by atoms with E-state index < -0.39 is 0 Å². The lowest BCUT2D eigenvalue weighted by atomic mass is 10.2. The fourth-order valence-corrected chi connectivity index (χ4v) is 1.02. The van der Waals surface area contributed by atoms with Gasteiger partial charge in [-0.05, 0) is 30.7 Å². The fraction of sp³-hybridized carbons (Fsp3) is 0.300. The molecule has 0 spiro atoms. The van der Waals surface area contributed by atoms with Crippen LogP contribution in [0, 0.1) is 12.7 Å². The first-order valence-corrected chi connectivity index (χ1v) is 4.03. The van der Waals surface area contributed by atoms with Crippen molar-refractivity contribution in [1.82, 2.24) is 0 Å². The van der Waals surface area contributed by atoms with Gasteiger partial charge in [0.25, 0.3) is 0 Å². The summed E-state index contributed by atoms with van der Waals surface area (Å²) < 4.78 is 12.9. The standard InChI is InChI=1S/C10H12FNO/c1-7-6-9(4-5-10(7)11)12(3)8(2)13/h4-6H,1-3H3. The summed E-state index contributed by atoms with van der Waals surface area (Å²) in [6.07, 6.45) is 0. The number of anilines is 1. The molecule has 0 bridgehead atoms. The number of carbonyl (C=O) groups is 1. The maximum atomic E-state index is 12.9. The van der Waals surface area contributed by atoms with Gasteiger partial charge in [-0.2, -0.15) is 0 Å². The van der Waals surface area contributed by atoms with Crippen LogP contribution in [0.2, 0.25) is 0 Å². The first-order chi connectivity index (χ1) is 6.02. The molecule has 0 saturated heterocycles. The highest BCUT2D eigenvalue weighted by molar-refractivity contribution is 5.90. The van der Waals surface area contributed by atoms with E-state index in [9.17, 15) is 9.18 Å². The highest BCUT2D eigenvalue weighted by atomic mass is 19.1. The van der Waals surface area contributed by atoms with Gasteiger partial charge >= 0.3 is 0 Å². The first kappa shape index (κ1) is 9.71. The number of nitrogens with zero attached hydrogens (tertiary/aromatic N) is 1. The number of carbonyl (C=O) groups excluding carboxylic acids is 1. The molecule has 0 radical (unpaired) electrons. The lowest BCUT2D eigenvalue weighted by Gasteiger charge is -2.15. The van der Waals surface area contributed by atoms with Gasteiger partial charge in [0, 0.05) is 19.7 Å². The molecule has 0 aromatic heterocycles. The molecule has 1 amide bonds. The van der Waals surface area contributed by atoms with Crippen LogP contribution in [-0.2, 0) is 4.79 Å². The molecule has 0 heterocycles. The third kappa shape index (κ3) is 2.05. The second-order valence-corrected chi connectivity index (χ2v) is 3.01. The average Bonchev–Trinajstić information content (AvgIpc) is 2.08. The minimum Gasteiger partial charge on any atom is -0.316 e. The van der Waals surface area contributed by atoms with Gasteiger partial charge in [0.15, 0.2) is 0 Å². The van der Waals surface area contributed by atoms with Crippen molar-refractivity contribution < 1.29 is 9.18 Å². The lowest BCUT2D eigenvalue weighted by Crippen LogP contribution is -2.22. The predicted molar refractivity (Wildman–Crippen MR) is 50.2 cm³/mol. The highest BCUT2D eigenvalue weighted by Gasteiger charge is 2.06. The van der Waals surface area contributed by atoms with E-state index in [-0.39, 0.29) is 11.7 Å². The van der Waals surface area contributed by atoms with Crippen LogP contribution < -0.4 is 4.90 Å². The van der Waals surface area contributed by atoms with Crippen molar-refractivity contribution in [1.29, 1.82) is 0 Å². The molecule has 3 heteroatoms. The van der Waals surface area contributed by atoms with Crippen LogP contribution >= 0.6 is 0 Å². The second kappa shape index (κ2) is 3.56. The van der Waals surface area contributed by atoms with Crippen LogP contribution in [-0.4, -0.2) is 13.0 Å². The van der Waals surface area contributed by atoms with E-state index in [0.29, 0.717) is 11.3 Å². The Morgan fingerprint density at radius 3 is 2.54 bits per heavy atom. The average molecular weight is 181 g/mol. The van der Waals surface area contributed by atoms with Gasteiger partial charge < -0.3 is 4.90 Å². The molecule has 0 fully saturated rings. The minimum atomic E-state index is -0.249. The fourth-order valence-electron chi connectivity index (χ4n) is 1.02. The maximum Gasteiger partial charge on any atom is 0.223 e. The molecule has 0 unspecified atom stereocenters. The molecule has 2 nitrogen and oxygen atoms in total. The number of aryl methyl sites for hydroxylation is 1. The topological polar surface area (TPSA) is 20.3 Å². The summed E-state index contributed by atoms with van der Waals surface area (Å²) in [6.45, 7) is 3.14. The van der Waals surface area contributed by atoms with Gasteiger partial charge in [0.05, 0.1) is 0 Å². The Morgan fingerprint density at radius 2 is 2.08 bits per heavy atom. The Labute approximate surface area is 77.0 Å². The van der Waals surface area contributed by atoms with Crippen molar-refractivity contribution in [2.24, 2.45) is 0 Å². The van der Waals surface area contributed by atoms with Gasteiger partial charge in [-0.1, -0.05) is 0 Å². The number of halogens is 1. The summed E-state index contributed by atoms with van der Waals surface area (Å²) in [5.74, 6) is -0.313. The predicted octanol–water partition coefficient (Wildman–Crippen LogP) is 2.12. The molecule has 1 aromatic carbocycles. The van der Waals surface area contributed by atoms with Gasteiger partial charge in [-0.3, -0.25) is 4.79 Å². The summed E-state index contributed by atoms with van der Waals surface area (Å²) >= 11 is 0. The highest BCUT2D eigenvalue weighted by Crippen LogP contribution is 2.16. The number of amides is 1. The monoisotopic (exact) mass is 181 g/mol. The molecule has 0 aliphatic heterocycles. The summed E-state index contributed by atoms with van der Waals surface area (Å²) in [5, 5.41) is 0. The van der Waals surface area contributed by atoms with Crippen molar-refractivity contribution in [2.75, 3.05) is 11.9 Å². The molecular weight excluding hydrogens is 169 g/mol. The van der Waals surface area contributed by atoms with E-state index in [1.165, 1.54) is 17.9 Å². The zero-order valence-corrected chi connectivity index (χ0v) is 7.97. The molecule has 0 atom stereocenters. The van der Waals surface area contributed by atoms with Crippen LogP contribution in [0.25, 0.3) is 0 Å². The van der Waals surface area contributed by atoms with Gasteiger partial charge in [-0.25, -0.2) is 4.39 Å². The first-order valence-electron chi connectivity index (χ1n) is 4.03. The Balaban J connectivity index is 3.03. The second-order valence-electron chi connectivity index (χ2n) is 3.01. The van der Waals surface area contributed by atoms with Crippen molar-refractivity contribution in [3.05, 3.63) is 29.6 Å². The third-order valence-electron chi connectivity index (χ3n) is 2.00. The molecule has 1 rings (SSSR count). The van der Waals surface area contributed by atoms with Crippen molar-refractivity contribution in [2.45, 2.75) is 13.8 Å². The maximum absolute atomic E-state index is 12.9. The van der Waals surface area contributed by atoms with E-state index in [4.69, 9.17) is 0 Å². The zero-order valence-electron chi connectivity index (χ0n) is 7.97. The van der Waals surface area contributed by atoms with E-state index in [1.54, 1.807) is 26.1 Å². The van der Waals surface area contributed by atoms with Crippen LogP contribution in [0.15, 0.2) is 18.2 Å². The molecule has 70 valence electrons. The van der Waals surface area contributed by atoms with Crippen LogP contribution in [0.4, 0.5) is 10.1 Å². The van der Waals surface area contributed by atoms with E-state index in [2.05, 4.69) is 0 Å². The van der Waals surface area contributed by atoms with Crippen LogP contribution in [0.1, 0.15) is 12.5 Å². The number of benzene rings is 1. The van der Waals surface area contributed by atoms with Crippen molar-refractivity contribution in [3.8, 4) is 0 Å². The number of hydrogen-bond donors (Lipinski definition) is 0. The molecule has 0 aliphatic carbocycles. The Bertz CT molecular complexity index is 336. The molecule has 0 saturated carbocycles. The van der Waals surface area contributed by atoms with Crippen LogP contribution in [0.3, 0.4) is 0 Å². The van der Waals surface area contributed by atoms with Gasteiger partial charge in [-0.15, -0.1) is 0 Å². The van der Waals surface area contributed by atoms with E-state index in [1.807, 2.05) is 0 Å². The quantitative estimate of drug-likeness (QED) is 0.649. The normalized spacial score (nSPS) is 9.85. The van der Waals surface area contributed by atoms with Gasteiger partial charge in [0.1, 0.15) is 5.82 Å². The molecule has 1 aromatic rings. The Kier molecular flexibility index (Phi) is 2.66. The van der Waals surface area contributed by atoms with Crippen molar-refractivity contribution in [3.63, 3.8) is 0 Å². The van der Waals surface area contributed by atoms with Gasteiger partial charge in [0.2, 0.25) is 5.91 Å². The molecular formula is C10H12FNO. The largest absolute Gasteiger partial charge is 0.316 e. The summed E-state index contributed by atoms with van der Waals surface area (Å²) in [4.78, 5) is 12.5. The Hall–Kier alpha value is -1.38. The SMILES string of the molecule is CC(=O)N(C)c1ccc(F)c(C)c1. The number of hydrogen-bond acceptors (Lipinski definition) is 1. The summed E-state index contributed by atoms with van der Waals surface area (Å²) in [7, 11) is 1.66. The molecule has 0 N–H and O–H groups in total. The van der Waals surface area contributed by atoms with E-state index in [0.717, 1.165) is 0 Å². The minimum absolute atomic E-state index is 0.0639. The third-order valence-corrected chi connectivity index (χ3v) is 2.00. The Morgan fingerprint density at radius 1 is 1.46 bits per heavy atom. The smallest absolute Gasteiger partial charge is 0.223 e. The zero-order chi connectivity index (χ0) is 10.0. The molecule has 0 aliphatic rings. The number of rotatable bonds is 1. The van der Waals surface area contributed by atoms with Crippen LogP contribution in [0.5, 0.6) is 0 Å². The van der Waals surface area contributed by atoms with E-state index >= 15 is 0 Å². The molecule has 13 heavy (non-hydrogen) atoms.